The molecule has 0 spiro atoms. The zero-order valence-corrected chi connectivity index (χ0v) is 13.8. The number of nitrogens with zero attached hydrogens (tertiary/aromatic N) is 1. The number of hydrogen-bond acceptors (Lipinski definition) is 3. The first kappa shape index (κ1) is 16.9. The summed E-state index contributed by atoms with van der Waals surface area (Å²) in [6, 6.07) is 3.88. The first-order chi connectivity index (χ1) is 11.5. The highest BCUT2D eigenvalue weighted by Crippen LogP contribution is 2.37. The van der Waals surface area contributed by atoms with Gasteiger partial charge in [0.15, 0.2) is 0 Å². The van der Waals surface area contributed by atoms with Crippen molar-refractivity contribution < 1.29 is 18.8 Å². The number of anilines is 1. The average Bonchev–Trinajstić information content (AvgIpc) is 2.81. The molecule has 7 heteroatoms. The van der Waals surface area contributed by atoms with Gasteiger partial charge in [0, 0.05) is 18.7 Å². The van der Waals surface area contributed by atoms with Crippen LogP contribution in [-0.4, -0.2) is 29.2 Å². The van der Waals surface area contributed by atoms with Gasteiger partial charge in [0.1, 0.15) is 5.82 Å². The molecule has 0 unspecified atom stereocenters. The van der Waals surface area contributed by atoms with Crippen molar-refractivity contribution in [2.75, 3.05) is 11.9 Å². The van der Waals surface area contributed by atoms with E-state index in [4.69, 9.17) is 11.6 Å². The van der Waals surface area contributed by atoms with Gasteiger partial charge in [-0.25, -0.2) is 4.39 Å². The quantitative estimate of drug-likeness (QED) is 0.847. The number of amides is 3. The Morgan fingerprint density at radius 3 is 2.42 bits per heavy atom. The number of likely N-dealkylation sites (tertiary alicyclic amines) is 1. The van der Waals surface area contributed by atoms with E-state index in [0.717, 1.165) is 31.7 Å². The summed E-state index contributed by atoms with van der Waals surface area (Å²) in [7, 11) is 0. The SMILES string of the molecule is O=C(CCN1C(=O)[C@H]2CCCC[C@@H]2C1=O)Nc1ccc(F)c(Cl)c1. The van der Waals surface area contributed by atoms with Crippen LogP contribution in [0.4, 0.5) is 10.1 Å². The third kappa shape index (κ3) is 3.29. The van der Waals surface area contributed by atoms with E-state index < -0.39 is 5.82 Å². The fourth-order valence-corrected chi connectivity index (χ4v) is 3.64. The average molecular weight is 353 g/mol. The fraction of sp³-hybridized carbons (Fsp3) is 0.471. The molecule has 1 saturated carbocycles. The molecular formula is C17H18ClFN2O3. The van der Waals surface area contributed by atoms with Crippen LogP contribution in [-0.2, 0) is 14.4 Å². The minimum absolute atomic E-state index is 0.00587. The molecule has 0 bridgehead atoms. The van der Waals surface area contributed by atoms with Gasteiger partial charge in [0.05, 0.1) is 16.9 Å². The van der Waals surface area contributed by atoms with Crippen molar-refractivity contribution in [2.24, 2.45) is 11.8 Å². The van der Waals surface area contributed by atoms with E-state index in [2.05, 4.69) is 5.32 Å². The van der Waals surface area contributed by atoms with E-state index >= 15 is 0 Å². The molecule has 1 aliphatic carbocycles. The Bertz CT molecular complexity index is 670. The molecule has 5 nitrogen and oxygen atoms in total. The highest BCUT2D eigenvalue weighted by Gasteiger charge is 2.47. The van der Waals surface area contributed by atoms with Crippen molar-refractivity contribution in [1.82, 2.24) is 4.90 Å². The third-order valence-corrected chi connectivity index (χ3v) is 4.99. The lowest BCUT2D eigenvalue weighted by Gasteiger charge is -2.19. The van der Waals surface area contributed by atoms with Crippen molar-refractivity contribution in [1.29, 1.82) is 0 Å². The number of fused-ring (bicyclic) bond motifs is 1. The van der Waals surface area contributed by atoms with E-state index in [-0.39, 0.29) is 47.5 Å². The molecule has 3 amide bonds. The van der Waals surface area contributed by atoms with Crippen molar-refractivity contribution in [3.8, 4) is 0 Å². The van der Waals surface area contributed by atoms with Gasteiger partial charge >= 0.3 is 0 Å². The Labute approximate surface area is 144 Å². The molecule has 1 aromatic rings. The van der Waals surface area contributed by atoms with Gasteiger partial charge in [0.2, 0.25) is 17.7 Å². The first-order valence-electron chi connectivity index (χ1n) is 8.07. The molecule has 1 aliphatic heterocycles. The minimum Gasteiger partial charge on any atom is -0.326 e. The zero-order valence-electron chi connectivity index (χ0n) is 13.1. The molecular weight excluding hydrogens is 335 g/mol. The van der Waals surface area contributed by atoms with Gasteiger partial charge in [-0.1, -0.05) is 24.4 Å². The summed E-state index contributed by atoms with van der Waals surface area (Å²) in [5, 5.41) is 2.51. The van der Waals surface area contributed by atoms with Crippen molar-refractivity contribution in [3.05, 3.63) is 29.0 Å². The van der Waals surface area contributed by atoms with Gasteiger partial charge in [-0.2, -0.15) is 0 Å². The molecule has 2 atom stereocenters. The van der Waals surface area contributed by atoms with Crippen LogP contribution in [0.2, 0.25) is 5.02 Å². The Balaban J connectivity index is 1.57. The monoisotopic (exact) mass is 352 g/mol. The number of nitrogens with one attached hydrogen (secondary N) is 1. The summed E-state index contributed by atoms with van der Waals surface area (Å²) in [6.07, 6.45) is 3.46. The lowest BCUT2D eigenvalue weighted by atomic mass is 9.81. The Morgan fingerprint density at radius 1 is 1.21 bits per heavy atom. The number of rotatable bonds is 4. The van der Waals surface area contributed by atoms with Crippen molar-refractivity contribution >= 4 is 35.0 Å². The molecule has 2 fully saturated rings. The van der Waals surface area contributed by atoms with Gasteiger partial charge < -0.3 is 5.32 Å². The maximum atomic E-state index is 13.1. The van der Waals surface area contributed by atoms with E-state index in [9.17, 15) is 18.8 Å². The molecule has 0 aromatic heterocycles. The molecule has 2 aliphatic rings. The van der Waals surface area contributed by atoms with Gasteiger partial charge in [0.25, 0.3) is 0 Å². The molecule has 1 saturated heterocycles. The second-order valence-electron chi connectivity index (χ2n) is 6.25. The third-order valence-electron chi connectivity index (χ3n) is 4.70. The molecule has 24 heavy (non-hydrogen) atoms. The number of benzene rings is 1. The standard InChI is InChI=1S/C17H18ClFN2O3/c18-13-9-10(5-6-14(13)19)20-15(22)7-8-21-16(23)11-3-1-2-4-12(11)17(21)24/h5-6,9,11-12H,1-4,7-8H2,(H,20,22)/t11-,12-/m0/s1. The lowest BCUT2D eigenvalue weighted by Crippen LogP contribution is -2.34. The van der Waals surface area contributed by atoms with Crippen LogP contribution in [0.15, 0.2) is 18.2 Å². The number of carbonyl (C=O) groups excluding carboxylic acids is 3. The minimum atomic E-state index is -0.564. The van der Waals surface area contributed by atoms with E-state index in [1.165, 1.54) is 17.0 Å². The predicted octanol–water partition coefficient (Wildman–Crippen LogP) is 2.98. The van der Waals surface area contributed by atoms with E-state index in [1.54, 1.807) is 0 Å². The summed E-state index contributed by atoms with van der Waals surface area (Å²) in [5.41, 5.74) is 0.374. The maximum absolute atomic E-state index is 13.1. The zero-order chi connectivity index (χ0) is 17.3. The smallest absolute Gasteiger partial charge is 0.233 e. The number of hydrogen-bond donors (Lipinski definition) is 1. The predicted molar refractivity (Wildman–Crippen MR) is 86.8 cm³/mol. The summed E-state index contributed by atoms with van der Waals surface area (Å²) < 4.78 is 13.1. The van der Waals surface area contributed by atoms with Crippen LogP contribution in [0.3, 0.4) is 0 Å². The first-order valence-corrected chi connectivity index (χ1v) is 8.45. The van der Waals surface area contributed by atoms with Crippen LogP contribution in [0.1, 0.15) is 32.1 Å². The van der Waals surface area contributed by atoms with Crippen LogP contribution in [0.5, 0.6) is 0 Å². The van der Waals surface area contributed by atoms with Crippen LogP contribution >= 0.6 is 11.6 Å². The molecule has 1 N–H and O–H groups in total. The van der Waals surface area contributed by atoms with Crippen LogP contribution in [0.25, 0.3) is 0 Å². The Kier molecular flexibility index (Phi) is 4.85. The second-order valence-corrected chi connectivity index (χ2v) is 6.66. The molecule has 3 rings (SSSR count). The fourth-order valence-electron chi connectivity index (χ4n) is 3.46. The molecule has 128 valence electrons. The van der Waals surface area contributed by atoms with E-state index in [0.29, 0.717) is 5.69 Å². The largest absolute Gasteiger partial charge is 0.326 e. The summed E-state index contributed by atoms with van der Waals surface area (Å²) in [5.74, 6) is -1.63. The highest BCUT2D eigenvalue weighted by molar-refractivity contribution is 6.31. The number of halogens is 2. The van der Waals surface area contributed by atoms with Crippen LogP contribution < -0.4 is 5.32 Å². The van der Waals surface area contributed by atoms with Crippen molar-refractivity contribution in [3.63, 3.8) is 0 Å². The topological polar surface area (TPSA) is 66.5 Å². The van der Waals surface area contributed by atoms with Crippen LogP contribution in [0, 0.1) is 17.7 Å². The molecule has 1 aromatic carbocycles. The molecule has 0 radical (unpaired) electrons. The summed E-state index contributed by atoms with van der Waals surface area (Å²) in [4.78, 5) is 37.9. The number of carbonyl (C=O) groups is 3. The summed E-state index contributed by atoms with van der Waals surface area (Å²) >= 11 is 5.66. The normalized spacial score (nSPS) is 23.3. The number of imide groups is 1. The maximum Gasteiger partial charge on any atom is 0.233 e. The van der Waals surface area contributed by atoms with Crippen molar-refractivity contribution in [2.45, 2.75) is 32.1 Å². The van der Waals surface area contributed by atoms with Gasteiger partial charge in [-0.05, 0) is 31.0 Å². The van der Waals surface area contributed by atoms with Gasteiger partial charge in [-0.3, -0.25) is 19.3 Å². The lowest BCUT2D eigenvalue weighted by molar-refractivity contribution is -0.140. The second kappa shape index (κ2) is 6.89. The molecule has 1 heterocycles. The highest BCUT2D eigenvalue weighted by atomic mass is 35.5. The summed E-state index contributed by atoms with van der Waals surface area (Å²) in [6.45, 7) is 0.0748. The Morgan fingerprint density at radius 2 is 1.83 bits per heavy atom. The Hall–Kier alpha value is -1.95. The van der Waals surface area contributed by atoms with E-state index in [1.807, 2.05) is 0 Å². The van der Waals surface area contributed by atoms with Gasteiger partial charge in [-0.15, -0.1) is 0 Å².